The van der Waals surface area contributed by atoms with Gasteiger partial charge < -0.3 is 15.3 Å². The Labute approximate surface area is 103 Å². The number of alkyl halides is 3. The number of carboxylic acid groups (broad SMARTS) is 2. The Morgan fingerprint density at radius 2 is 1.38 bits per heavy atom. The van der Waals surface area contributed by atoms with Crippen molar-refractivity contribution in [1.82, 2.24) is 0 Å². The number of aliphatic hydroxyl groups is 1. The summed E-state index contributed by atoms with van der Waals surface area (Å²) in [6.45, 7) is 0. The van der Waals surface area contributed by atoms with Crippen molar-refractivity contribution in [3.8, 4) is 0 Å². The number of carbonyl (C=O) groups is 2. The zero-order valence-electron chi connectivity index (χ0n) is 7.51. The fraction of sp³-hybridized carbons (Fsp3) is 0.714. The molecule has 0 heterocycles. The van der Waals surface area contributed by atoms with Gasteiger partial charge in [-0.15, -0.1) is 0 Å². The standard InChI is InChI=1S/C7H7F3O5.Ag/c8-7(9,10)6(15)1-5(2-6,3(11)12)4(13)14;/h15H,1-2H2,(H,11,12)(H,13,14);. The van der Waals surface area contributed by atoms with Crippen LogP contribution >= 0.6 is 0 Å². The van der Waals surface area contributed by atoms with Crippen LogP contribution in [0.4, 0.5) is 13.2 Å². The Bertz CT molecular complexity index is 304. The van der Waals surface area contributed by atoms with E-state index in [1.54, 1.807) is 0 Å². The monoisotopic (exact) mass is 335 g/mol. The maximum absolute atomic E-state index is 12.1. The van der Waals surface area contributed by atoms with Crippen molar-refractivity contribution < 1.29 is 60.5 Å². The van der Waals surface area contributed by atoms with Crippen LogP contribution < -0.4 is 0 Å². The predicted molar refractivity (Wildman–Crippen MR) is 37.9 cm³/mol. The maximum atomic E-state index is 12.1. The first-order valence-corrected chi connectivity index (χ1v) is 3.81. The van der Waals surface area contributed by atoms with E-state index in [9.17, 15) is 22.8 Å². The van der Waals surface area contributed by atoms with Crippen molar-refractivity contribution in [2.75, 3.05) is 0 Å². The molecule has 0 aromatic rings. The maximum Gasteiger partial charge on any atom is 0.417 e. The van der Waals surface area contributed by atoms with Crippen molar-refractivity contribution in [2.45, 2.75) is 24.6 Å². The van der Waals surface area contributed by atoms with Gasteiger partial charge in [0.25, 0.3) is 0 Å². The smallest absolute Gasteiger partial charge is 0.417 e. The fourth-order valence-corrected chi connectivity index (χ4v) is 1.54. The molecule has 0 bridgehead atoms. The van der Waals surface area contributed by atoms with Gasteiger partial charge in [-0.3, -0.25) is 9.59 Å². The van der Waals surface area contributed by atoms with E-state index in [-0.39, 0.29) is 22.4 Å². The Balaban J connectivity index is 0.00000225. The van der Waals surface area contributed by atoms with Gasteiger partial charge in [-0.1, -0.05) is 0 Å². The molecular weight excluding hydrogens is 329 g/mol. The van der Waals surface area contributed by atoms with Crippen LogP contribution in [-0.2, 0) is 32.0 Å². The van der Waals surface area contributed by atoms with Crippen LogP contribution in [0.15, 0.2) is 0 Å². The first-order valence-electron chi connectivity index (χ1n) is 3.81. The van der Waals surface area contributed by atoms with Crippen LogP contribution in [0.5, 0.6) is 0 Å². The van der Waals surface area contributed by atoms with E-state index in [2.05, 4.69) is 0 Å². The molecule has 16 heavy (non-hydrogen) atoms. The summed E-state index contributed by atoms with van der Waals surface area (Å²) >= 11 is 0. The van der Waals surface area contributed by atoms with Gasteiger partial charge in [0, 0.05) is 35.2 Å². The van der Waals surface area contributed by atoms with Crippen molar-refractivity contribution in [2.24, 2.45) is 5.41 Å². The van der Waals surface area contributed by atoms with E-state index in [4.69, 9.17) is 15.3 Å². The summed E-state index contributed by atoms with van der Waals surface area (Å²) in [4.78, 5) is 21.0. The van der Waals surface area contributed by atoms with Gasteiger partial charge in [-0.25, -0.2) is 0 Å². The second-order valence-corrected chi connectivity index (χ2v) is 3.58. The van der Waals surface area contributed by atoms with Crippen molar-refractivity contribution >= 4 is 11.9 Å². The average molecular weight is 336 g/mol. The second-order valence-electron chi connectivity index (χ2n) is 3.58. The minimum atomic E-state index is -5.01. The van der Waals surface area contributed by atoms with E-state index in [1.165, 1.54) is 0 Å². The molecule has 3 N–H and O–H groups in total. The normalized spacial score (nSPS) is 21.5. The minimum absolute atomic E-state index is 0. The molecule has 1 fully saturated rings. The average Bonchev–Trinajstić information content (AvgIpc) is 1.94. The van der Waals surface area contributed by atoms with E-state index in [0.29, 0.717) is 0 Å². The van der Waals surface area contributed by atoms with Gasteiger partial charge in [0.15, 0.2) is 11.0 Å². The van der Waals surface area contributed by atoms with Gasteiger partial charge in [0.1, 0.15) is 0 Å². The molecule has 97 valence electrons. The molecule has 0 aromatic carbocycles. The van der Waals surface area contributed by atoms with E-state index in [0.717, 1.165) is 0 Å². The second kappa shape index (κ2) is 4.02. The zero-order valence-corrected chi connectivity index (χ0v) is 8.99. The Morgan fingerprint density at radius 3 is 1.56 bits per heavy atom. The number of hydrogen-bond donors (Lipinski definition) is 3. The van der Waals surface area contributed by atoms with Gasteiger partial charge in [0.05, 0.1) is 0 Å². The third-order valence-corrected chi connectivity index (χ3v) is 2.53. The molecule has 0 amide bonds. The van der Waals surface area contributed by atoms with Gasteiger partial charge in [-0.2, -0.15) is 13.2 Å². The van der Waals surface area contributed by atoms with E-state index in [1.807, 2.05) is 0 Å². The number of aliphatic carboxylic acids is 2. The summed E-state index contributed by atoms with van der Waals surface area (Å²) in [7, 11) is 0. The van der Waals surface area contributed by atoms with Gasteiger partial charge in [-0.05, 0) is 0 Å². The Hall–Kier alpha value is -0.570. The number of halogens is 3. The first kappa shape index (κ1) is 15.4. The summed E-state index contributed by atoms with van der Waals surface area (Å²) in [5.74, 6) is -3.74. The van der Waals surface area contributed by atoms with Gasteiger partial charge in [0.2, 0.25) is 0 Å². The fourth-order valence-electron chi connectivity index (χ4n) is 1.54. The molecule has 1 aliphatic rings. The van der Waals surface area contributed by atoms with E-state index >= 15 is 0 Å². The number of hydrogen-bond acceptors (Lipinski definition) is 3. The van der Waals surface area contributed by atoms with Crippen LogP contribution in [0.3, 0.4) is 0 Å². The summed E-state index contributed by atoms with van der Waals surface area (Å²) < 4.78 is 36.4. The largest absolute Gasteiger partial charge is 0.480 e. The number of rotatable bonds is 2. The number of carboxylic acids is 2. The quantitative estimate of drug-likeness (QED) is 0.496. The molecule has 1 aliphatic carbocycles. The van der Waals surface area contributed by atoms with Crippen molar-refractivity contribution in [3.63, 3.8) is 0 Å². The van der Waals surface area contributed by atoms with Crippen molar-refractivity contribution in [3.05, 3.63) is 0 Å². The first-order chi connectivity index (χ1) is 6.55. The molecular formula is C7H7AgF3O5. The van der Waals surface area contributed by atoms with E-state index < -0.39 is 42.0 Å². The van der Waals surface area contributed by atoms with Crippen molar-refractivity contribution in [1.29, 1.82) is 0 Å². The minimum Gasteiger partial charge on any atom is -0.480 e. The predicted octanol–water partition coefficient (Wildman–Crippen LogP) is 0.227. The molecule has 0 spiro atoms. The summed E-state index contributed by atoms with van der Waals surface area (Å²) in [6, 6.07) is 0. The molecule has 1 rings (SSSR count). The Kier molecular flexibility index (Phi) is 3.88. The summed E-state index contributed by atoms with van der Waals surface area (Å²) in [5, 5.41) is 25.9. The third-order valence-electron chi connectivity index (χ3n) is 2.53. The summed E-state index contributed by atoms with van der Waals surface area (Å²) in [5.41, 5.74) is -5.73. The molecule has 0 aromatic heterocycles. The molecule has 1 radical (unpaired) electrons. The van der Waals surface area contributed by atoms with Crippen LogP contribution in [0.25, 0.3) is 0 Å². The molecule has 0 aliphatic heterocycles. The molecule has 0 atom stereocenters. The summed E-state index contributed by atoms with van der Waals surface area (Å²) in [6.07, 6.45) is -7.72. The molecule has 9 heteroatoms. The topological polar surface area (TPSA) is 94.8 Å². The molecule has 1 saturated carbocycles. The van der Waals surface area contributed by atoms with Crippen LogP contribution in [0.2, 0.25) is 0 Å². The van der Waals surface area contributed by atoms with Crippen LogP contribution in [0.1, 0.15) is 12.8 Å². The Morgan fingerprint density at radius 1 is 1.06 bits per heavy atom. The SMILES string of the molecule is O=C(O)C1(C(=O)O)CC(O)(C(F)(F)F)C1.[Ag]. The van der Waals surface area contributed by atoms with Crippen LogP contribution in [0, 0.1) is 5.41 Å². The molecule has 5 nitrogen and oxygen atoms in total. The molecule has 0 saturated heterocycles. The molecule has 0 unspecified atom stereocenters. The van der Waals surface area contributed by atoms with Gasteiger partial charge >= 0.3 is 18.1 Å². The zero-order chi connectivity index (χ0) is 12.1. The van der Waals surface area contributed by atoms with Crippen LogP contribution in [-0.4, -0.2) is 39.0 Å². The third kappa shape index (κ3) is 1.97.